The largest absolute Gasteiger partial charge is 0.490 e. The monoisotopic (exact) mass is 1880 g/mol. The predicted octanol–water partition coefficient (Wildman–Crippen LogP) is 32.8. The third kappa shape index (κ3) is 17.8. The molecule has 0 bridgehead atoms. The lowest BCUT2D eigenvalue weighted by Crippen LogP contribution is -2.27. The number of ether oxygens (including phenoxy) is 2. The zero-order valence-corrected chi connectivity index (χ0v) is 76.6. The van der Waals surface area contributed by atoms with Gasteiger partial charge in [0.05, 0.1) is 63.1 Å². The number of aromatic amines is 1. The van der Waals surface area contributed by atoms with E-state index < -0.39 is 0 Å². The molecule has 0 radical (unpaired) electrons. The second kappa shape index (κ2) is 38.9. The van der Waals surface area contributed by atoms with Crippen molar-refractivity contribution in [3.05, 3.63) is 388 Å². The van der Waals surface area contributed by atoms with Crippen LogP contribution in [-0.4, -0.2) is 37.6 Å². The van der Waals surface area contributed by atoms with Crippen LogP contribution in [0, 0.1) is 29.8 Å². The lowest BCUT2D eigenvalue weighted by atomic mass is 9.99. The zero-order valence-electron chi connectivity index (χ0n) is 71.4. The minimum absolute atomic E-state index is 0.128. The van der Waals surface area contributed by atoms with Gasteiger partial charge in [-0.1, -0.05) is 332 Å². The summed E-state index contributed by atoms with van der Waals surface area (Å²) in [5, 5.41) is 42.3. The number of benzene rings is 16. The highest BCUT2D eigenvalue weighted by Crippen LogP contribution is 2.57. The lowest BCUT2D eigenvalue weighted by molar-refractivity contribution is 0.231. The fraction of sp³-hybridized carbons (Fsp3) is 0.155. The highest BCUT2D eigenvalue weighted by Gasteiger charge is 2.35. The van der Waals surface area contributed by atoms with Crippen molar-refractivity contribution in [1.29, 1.82) is 10.5 Å². The predicted molar refractivity (Wildman–Crippen MR) is 554 cm³/mol. The maximum atomic E-state index is 10.9. The summed E-state index contributed by atoms with van der Waals surface area (Å²) in [6.45, 7) is 8.45. The van der Waals surface area contributed by atoms with Crippen LogP contribution in [0.2, 0.25) is 0 Å². The molecule has 3 aromatic heterocycles. The van der Waals surface area contributed by atoms with Gasteiger partial charge in [-0.2, -0.15) is 10.5 Å². The summed E-state index contributed by atoms with van der Waals surface area (Å²) in [4.78, 5) is 3.66. The summed E-state index contributed by atoms with van der Waals surface area (Å²) in [6, 6.07) is 136. The molecular weight excluding hydrogens is 1780 g/mol. The Labute approximate surface area is 765 Å². The molecule has 21 rings (SSSR count). The summed E-state index contributed by atoms with van der Waals surface area (Å²) in [6.07, 6.45) is 14.4. The standard InChI is InChI=1S/C55H35N3.C30H43O2P.C24H17N.C7H3I2N/c56-36-37-33-38(57-52-29-13-9-25-48(52)44-21-5-1-17-40(44)41-18-2-6-22-45(41)49-26-10-14-30-53(49)57)35-39(34-37)58-54-31-15-11-27-50(54)46-23-7-3-19-42(46)43-20-4-8-24-47(43)51-28-12-16-32-55(51)58;1-22(2)31-27-19-13-20-28(32-23(3)4)30(27)26-18-11-12-21-29(26)33(24-14-7-5-8-15-24)25-16-9-6-10-17-25;1-3-11-19-17(9-1)18-10-2-4-12-20(18)22-14-6-8-16-24(22)25-23-15-7-5-13-21(19)23;8-6-1-5(4-10)2-7(9)3-6/h1-35H;11-13,18-25H,5-10,14-17H2,1-4H3;1-16,25H;1-3H. The van der Waals surface area contributed by atoms with E-state index in [0.29, 0.717) is 5.56 Å². The van der Waals surface area contributed by atoms with Gasteiger partial charge in [-0.05, 0) is 270 Å². The minimum Gasteiger partial charge on any atom is -0.490 e. The van der Waals surface area contributed by atoms with Crippen LogP contribution in [0.1, 0.15) is 103 Å². The molecule has 10 heteroatoms. The Morgan fingerprint density at radius 2 is 0.571 bits per heavy atom. The van der Waals surface area contributed by atoms with Crippen LogP contribution in [0.25, 0.3) is 153 Å². The summed E-state index contributed by atoms with van der Waals surface area (Å²) < 4.78 is 19.7. The van der Waals surface area contributed by atoms with Crippen molar-refractivity contribution in [1.82, 2.24) is 14.1 Å². The molecule has 2 aliphatic rings. The van der Waals surface area contributed by atoms with E-state index in [1.165, 1.54) is 124 Å². The van der Waals surface area contributed by atoms with E-state index in [-0.39, 0.29) is 20.1 Å². The number of hydrogen-bond donors (Lipinski definition) is 1. The molecule has 2 aliphatic carbocycles. The summed E-state index contributed by atoms with van der Waals surface area (Å²) in [7, 11) is -0.213. The molecule has 2 saturated carbocycles. The fourth-order valence-electron chi connectivity index (χ4n) is 19.3. The Hall–Kier alpha value is -12.6. The van der Waals surface area contributed by atoms with Gasteiger partial charge < -0.3 is 23.6 Å². The number of rotatable bonds is 10. The highest BCUT2D eigenvalue weighted by atomic mass is 127. The Bertz CT molecular complexity index is 7020. The Morgan fingerprint density at radius 1 is 0.302 bits per heavy atom. The number of nitrogens with zero attached hydrogens (tertiary/aromatic N) is 4. The van der Waals surface area contributed by atoms with E-state index in [0.717, 1.165) is 129 Å². The van der Waals surface area contributed by atoms with Gasteiger partial charge in [-0.15, -0.1) is 0 Å². The van der Waals surface area contributed by atoms with Crippen molar-refractivity contribution in [2.75, 3.05) is 0 Å². The van der Waals surface area contributed by atoms with Gasteiger partial charge in [0.15, 0.2) is 0 Å². The first-order chi connectivity index (χ1) is 61.9. The second-order valence-corrected chi connectivity index (χ2v) is 38.6. The van der Waals surface area contributed by atoms with E-state index in [9.17, 15) is 5.26 Å². The first-order valence-electron chi connectivity index (χ1n) is 44.2. The van der Waals surface area contributed by atoms with Crippen LogP contribution in [0.4, 0.5) is 0 Å². The molecule has 1 N–H and O–H groups in total. The summed E-state index contributed by atoms with van der Waals surface area (Å²) in [5.41, 5.74) is 13.7. The highest BCUT2D eigenvalue weighted by molar-refractivity contribution is 14.1. The molecule has 7 nitrogen and oxygen atoms in total. The van der Waals surface area contributed by atoms with Crippen molar-refractivity contribution in [2.45, 2.75) is 115 Å². The van der Waals surface area contributed by atoms with Crippen LogP contribution in [0.3, 0.4) is 0 Å². The number of halogens is 2. The van der Waals surface area contributed by atoms with E-state index in [1.54, 1.807) is 5.30 Å². The van der Waals surface area contributed by atoms with Gasteiger partial charge in [0, 0.05) is 61.9 Å². The third-order valence-electron chi connectivity index (χ3n) is 24.5. The number of aromatic nitrogens is 3. The van der Waals surface area contributed by atoms with Crippen molar-refractivity contribution in [2.24, 2.45) is 0 Å². The van der Waals surface area contributed by atoms with Gasteiger partial charge in [0.25, 0.3) is 0 Å². The molecule has 0 saturated heterocycles. The summed E-state index contributed by atoms with van der Waals surface area (Å²) >= 11 is 4.40. The van der Waals surface area contributed by atoms with Gasteiger partial charge in [-0.25, -0.2) is 0 Å². The number of hydrogen-bond acceptors (Lipinski definition) is 4. The molecule has 0 aliphatic heterocycles. The normalized spacial score (nSPS) is 13.0. The van der Waals surface area contributed by atoms with Crippen LogP contribution in [0.15, 0.2) is 370 Å². The molecule has 16 aromatic carbocycles. The van der Waals surface area contributed by atoms with E-state index in [2.05, 4.69) is 439 Å². The van der Waals surface area contributed by atoms with Crippen LogP contribution >= 0.6 is 53.1 Å². The minimum atomic E-state index is -0.213. The average Bonchev–Trinajstić information content (AvgIpc) is 1.55. The lowest BCUT2D eigenvalue weighted by Gasteiger charge is -2.39. The maximum absolute atomic E-state index is 10.9. The van der Waals surface area contributed by atoms with E-state index in [4.69, 9.17) is 14.7 Å². The molecule has 0 amide bonds. The molecule has 0 spiro atoms. The molecule has 3 heterocycles. The quantitative estimate of drug-likeness (QED) is 0.109. The third-order valence-corrected chi connectivity index (χ3v) is 29.3. The number of nitrogens with one attached hydrogen (secondary N) is 1. The fourth-order valence-corrected chi connectivity index (χ4v) is 25.1. The first-order valence-corrected chi connectivity index (χ1v) is 47.8. The van der Waals surface area contributed by atoms with Crippen molar-refractivity contribution >= 4 is 188 Å². The number of H-pyrrole nitrogens is 1. The number of para-hydroxylation sites is 6. The van der Waals surface area contributed by atoms with Gasteiger partial charge in [-0.3, -0.25) is 0 Å². The molecule has 2 fully saturated rings. The Balaban J connectivity index is 0.000000132. The molecule has 0 atom stereocenters. The van der Waals surface area contributed by atoms with Gasteiger partial charge in [0.1, 0.15) is 11.5 Å². The smallest absolute Gasteiger partial charge is 0.131 e. The topological polar surface area (TPSA) is 91.7 Å². The average molecular weight is 1880 g/mol. The van der Waals surface area contributed by atoms with Crippen molar-refractivity contribution in [3.8, 4) is 46.1 Å². The molecule has 618 valence electrons. The van der Waals surface area contributed by atoms with Crippen LogP contribution in [-0.2, 0) is 0 Å². The molecular formula is C116H98I2N5O2P. The van der Waals surface area contributed by atoms with E-state index >= 15 is 0 Å². The number of fused-ring (bicyclic) bond motifs is 21. The zero-order chi connectivity index (χ0) is 86.0. The van der Waals surface area contributed by atoms with E-state index in [1.807, 2.05) is 30.3 Å². The van der Waals surface area contributed by atoms with Gasteiger partial charge in [0.2, 0.25) is 0 Å². The van der Waals surface area contributed by atoms with Gasteiger partial charge >= 0.3 is 0 Å². The van der Waals surface area contributed by atoms with Crippen molar-refractivity contribution < 1.29 is 9.47 Å². The first kappa shape index (κ1) is 84.2. The Kier molecular flexibility index (Phi) is 26.0. The second-order valence-electron chi connectivity index (χ2n) is 33.3. The Morgan fingerprint density at radius 3 is 0.897 bits per heavy atom. The number of nitriles is 2. The molecule has 126 heavy (non-hydrogen) atoms. The molecule has 0 unspecified atom stereocenters. The van der Waals surface area contributed by atoms with Crippen LogP contribution in [0.5, 0.6) is 11.5 Å². The summed E-state index contributed by atoms with van der Waals surface area (Å²) in [5.74, 6) is 1.91. The SMILES string of the molecule is CC(C)Oc1cccc(OC(C)C)c1-c1ccccc1P(C1CCCCC1)C1CCCCC1.N#Cc1cc(-n2c3ccccc3c3ccccc3c3ccccc3c3ccccc32)cc(-n2c3ccccc3c3ccccc3c3ccccc3c3ccccc32)c1.N#Cc1cc(I)cc(I)c1.c1ccc2c(c1)[nH]c1ccccc1c1ccccc1c1ccccc21. The van der Waals surface area contributed by atoms with Crippen molar-refractivity contribution in [3.63, 3.8) is 0 Å². The van der Waals surface area contributed by atoms with Crippen LogP contribution < -0.4 is 14.8 Å². The molecule has 19 aromatic rings. The maximum Gasteiger partial charge on any atom is 0.131 e.